The van der Waals surface area contributed by atoms with Crippen LogP contribution in [-0.4, -0.2) is 19.4 Å². The minimum atomic E-state index is -0.379. The van der Waals surface area contributed by atoms with Crippen LogP contribution in [0.1, 0.15) is 22.8 Å². The van der Waals surface area contributed by atoms with Crippen molar-refractivity contribution in [1.82, 2.24) is 0 Å². The zero-order chi connectivity index (χ0) is 14.5. The van der Waals surface area contributed by atoms with Crippen molar-refractivity contribution < 1.29 is 9.18 Å². The highest BCUT2D eigenvalue weighted by atomic mass is 19.1. The molecule has 0 radical (unpaired) electrons. The van der Waals surface area contributed by atoms with Crippen LogP contribution in [0.4, 0.5) is 10.1 Å². The van der Waals surface area contributed by atoms with Gasteiger partial charge in [-0.2, -0.15) is 0 Å². The van der Waals surface area contributed by atoms with Gasteiger partial charge in [0.15, 0.2) is 5.78 Å². The van der Waals surface area contributed by atoms with Crippen LogP contribution in [-0.2, 0) is 6.42 Å². The molecule has 2 aromatic carbocycles. The van der Waals surface area contributed by atoms with Crippen LogP contribution in [0, 0.1) is 5.82 Å². The maximum atomic E-state index is 13.3. The van der Waals surface area contributed by atoms with Crippen molar-refractivity contribution in [3.8, 4) is 0 Å². The van der Waals surface area contributed by atoms with Gasteiger partial charge in [-0.15, -0.1) is 0 Å². The van der Waals surface area contributed by atoms with E-state index >= 15 is 0 Å². The summed E-state index contributed by atoms with van der Waals surface area (Å²) in [7, 11) is 1.92. The van der Waals surface area contributed by atoms with E-state index in [1.165, 1.54) is 24.6 Å². The molecule has 0 aromatic heterocycles. The lowest BCUT2D eigenvalue weighted by atomic mass is 10.1. The van der Waals surface area contributed by atoms with Gasteiger partial charge < -0.3 is 4.90 Å². The van der Waals surface area contributed by atoms with E-state index in [2.05, 4.69) is 12.1 Å². The third-order valence-corrected chi connectivity index (χ3v) is 3.33. The van der Waals surface area contributed by atoms with Gasteiger partial charge in [-0.3, -0.25) is 4.79 Å². The molecule has 3 heteroatoms. The van der Waals surface area contributed by atoms with Gasteiger partial charge >= 0.3 is 0 Å². The maximum absolute atomic E-state index is 13.3. The topological polar surface area (TPSA) is 20.3 Å². The molecule has 0 saturated carbocycles. The molecule has 0 amide bonds. The number of anilines is 1. The molecule has 0 aliphatic rings. The van der Waals surface area contributed by atoms with E-state index in [1.54, 1.807) is 6.07 Å². The highest BCUT2D eigenvalue weighted by Gasteiger charge is 2.12. The lowest BCUT2D eigenvalue weighted by Crippen LogP contribution is -2.22. The van der Waals surface area contributed by atoms with Crippen LogP contribution in [0.2, 0.25) is 0 Å². The Hall–Kier alpha value is -2.16. The van der Waals surface area contributed by atoms with Crippen LogP contribution in [0.15, 0.2) is 48.5 Å². The van der Waals surface area contributed by atoms with E-state index in [4.69, 9.17) is 0 Å². The summed E-state index contributed by atoms with van der Waals surface area (Å²) in [6, 6.07) is 14.5. The summed E-state index contributed by atoms with van der Waals surface area (Å²) in [5.41, 5.74) is 2.45. The number of benzene rings is 2. The minimum absolute atomic E-state index is 0.119. The summed E-state index contributed by atoms with van der Waals surface area (Å²) in [5.74, 6) is -0.499. The largest absolute Gasteiger partial charge is 0.374 e. The molecule has 104 valence electrons. The molecule has 0 saturated heterocycles. The zero-order valence-corrected chi connectivity index (χ0v) is 11.8. The fraction of sp³-hybridized carbons (Fsp3) is 0.235. The van der Waals surface area contributed by atoms with Crippen molar-refractivity contribution in [2.45, 2.75) is 13.3 Å². The Balaban J connectivity index is 2.13. The first-order chi connectivity index (χ1) is 9.58. The van der Waals surface area contributed by atoms with Crippen molar-refractivity contribution >= 4 is 11.5 Å². The molecule has 0 bridgehead atoms. The Morgan fingerprint density at radius 2 is 1.85 bits per heavy atom. The number of carbonyl (C=O) groups is 1. The summed E-state index contributed by atoms with van der Waals surface area (Å²) in [4.78, 5) is 13.6. The second-order valence-corrected chi connectivity index (χ2v) is 4.87. The summed E-state index contributed by atoms with van der Waals surface area (Å²) >= 11 is 0. The molecule has 2 nitrogen and oxygen atoms in total. The molecule has 0 aliphatic heterocycles. The molecule has 2 aromatic rings. The van der Waals surface area contributed by atoms with Crippen LogP contribution in [0.25, 0.3) is 0 Å². The van der Waals surface area contributed by atoms with E-state index in [-0.39, 0.29) is 11.6 Å². The fourth-order valence-electron chi connectivity index (χ4n) is 2.19. The van der Waals surface area contributed by atoms with Gasteiger partial charge in [-0.1, -0.05) is 30.3 Å². The van der Waals surface area contributed by atoms with Gasteiger partial charge in [-0.05, 0) is 37.1 Å². The first-order valence-electron chi connectivity index (χ1n) is 6.63. The third-order valence-electron chi connectivity index (χ3n) is 3.33. The zero-order valence-electron chi connectivity index (χ0n) is 11.8. The van der Waals surface area contributed by atoms with Crippen molar-refractivity contribution in [3.05, 3.63) is 65.5 Å². The monoisotopic (exact) mass is 271 g/mol. The standard InChI is InChI=1S/C17H18FNO/c1-13(20)16-12-15(18)8-9-17(16)19(2)11-10-14-6-4-3-5-7-14/h3-9,12H,10-11H2,1-2H3. The predicted molar refractivity (Wildman–Crippen MR) is 79.8 cm³/mol. The van der Waals surface area contributed by atoms with Gasteiger partial charge in [-0.25, -0.2) is 4.39 Å². The van der Waals surface area contributed by atoms with Gasteiger partial charge in [0.2, 0.25) is 0 Å². The lowest BCUT2D eigenvalue weighted by molar-refractivity contribution is 0.101. The average Bonchev–Trinajstić information content (AvgIpc) is 2.45. The number of nitrogens with zero attached hydrogens (tertiary/aromatic N) is 1. The van der Waals surface area contributed by atoms with Crippen molar-refractivity contribution in [2.75, 3.05) is 18.5 Å². The van der Waals surface area contributed by atoms with Crippen molar-refractivity contribution in [3.63, 3.8) is 0 Å². The molecule has 0 unspecified atom stereocenters. The number of Topliss-reactive ketones (excluding diaryl/α,β-unsaturated/α-hetero) is 1. The van der Waals surface area contributed by atoms with E-state index in [1.807, 2.05) is 30.1 Å². The molecule has 0 atom stereocenters. The number of hydrogen-bond acceptors (Lipinski definition) is 2. The number of carbonyl (C=O) groups excluding carboxylic acids is 1. The number of ketones is 1. The molecule has 0 N–H and O–H groups in total. The smallest absolute Gasteiger partial charge is 0.161 e. The van der Waals surface area contributed by atoms with E-state index in [9.17, 15) is 9.18 Å². The molecule has 0 spiro atoms. The van der Waals surface area contributed by atoms with Gasteiger partial charge in [0.1, 0.15) is 5.82 Å². The molecular weight excluding hydrogens is 253 g/mol. The molecule has 0 heterocycles. The fourth-order valence-corrected chi connectivity index (χ4v) is 2.19. The van der Waals surface area contributed by atoms with Crippen LogP contribution in [0.3, 0.4) is 0 Å². The highest BCUT2D eigenvalue weighted by Crippen LogP contribution is 2.21. The predicted octanol–water partition coefficient (Wildman–Crippen LogP) is 3.71. The van der Waals surface area contributed by atoms with E-state index in [0.29, 0.717) is 5.56 Å². The molecular formula is C17H18FNO. The Bertz CT molecular complexity index is 595. The summed E-state index contributed by atoms with van der Waals surface area (Å²) < 4.78 is 13.3. The average molecular weight is 271 g/mol. The SMILES string of the molecule is CC(=O)c1cc(F)ccc1N(C)CCc1ccccc1. The number of halogens is 1. The quantitative estimate of drug-likeness (QED) is 0.773. The minimum Gasteiger partial charge on any atom is -0.374 e. The number of rotatable bonds is 5. The summed E-state index contributed by atoms with van der Waals surface area (Å²) in [6.45, 7) is 2.24. The van der Waals surface area contributed by atoms with Crippen LogP contribution in [0.5, 0.6) is 0 Å². The van der Waals surface area contributed by atoms with E-state index < -0.39 is 0 Å². The Kier molecular flexibility index (Phi) is 4.51. The normalized spacial score (nSPS) is 10.3. The first-order valence-corrected chi connectivity index (χ1v) is 6.63. The van der Waals surface area contributed by atoms with Crippen LogP contribution < -0.4 is 4.90 Å². The van der Waals surface area contributed by atoms with Gasteiger partial charge in [0.05, 0.1) is 0 Å². The van der Waals surface area contributed by atoms with Crippen molar-refractivity contribution in [1.29, 1.82) is 0 Å². The molecule has 20 heavy (non-hydrogen) atoms. The van der Waals surface area contributed by atoms with E-state index in [0.717, 1.165) is 18.7 Å². The molecule has 2 rings (SSSR count). The van der Waals surface area contributed by atoms with Crippen molar-refractivity contribution in [2.24, 2.45) is 0 Å². The summed E-state index contributed by atoms with van der Waals surface area (Å²) in [6.07, 6.45) is 0.881. The van der Waals surface area contributed by atoms with Gasteiger partial charge in [0.25, 0.3) is 0 Å². The van der Waals surface area contributed by atoms with Gasteiger partial charge in [0, 0.05) is 24.8 Å². The number of likely N-dealkylation sites (N-methyl/N-ethyl adjacent to an activating group) is 1. The number of hydrogen-bond donors (Lipinski definition) is 0. The molecule has 0 fully saturated rings. The maximum Gasteiger partial charge on any atom is 0.161 e. The third kappa shape index (κ3) is 3.44. The lowest BCUT2D eigenvalue weighted by Gasteiger charge is -2.21. The van der Waals surface area contributed by atoms with Crippen LogP contribution >= 0.6 is 0 Å². The second-order valence-electron chi connectivity index (χ2n) is 4.87. The Morgan fingerprint density at radius 1 is 1.15 bits per heavy atom. The molecule has 0 aliphatic carbocycles. The second kappa shape index (κ2) is 6.33. The Morgan fingerprint density at radius 3 is 2.50 bits per heavy atom. The Labute approximate surface area is 118 Å². The first kappa shape index (κ1) is 14.3. The highest BCUT2D eigenvalue weighted by molar-refractivity contribution is 5.99. The summed E-state index contributed by atoms with van der Waals surface area (Å²) in [5, 5.41) is 0.